The third kappa shape index (κ3) is 4.86. The van der Waals surface area contributed by atoms with Crippen LogP contribution in [0.4, 0.5) is 0 Å². The first-order valence-electron chi connectivity index (χ1n) is 8.74. The maximum atomic E-state index is 9.58. The van der Waals surface area contributed by atoms with E-state index in [0.29, 0.717) is 6.04 Å². The molecule has 1 aromatic carbocycles. The second kappa shape index (κ2) is 8.21. The minimum atomic E-state index is -0.0981. The topological polar surface area (TPSA) is 48.4 Å². The Labute approximate surface area is 148 Å². The molecule has 1 aliphatic heterocycles. The summed E-state index contributed by atoms with van der Waals surface area (Å²) in [7, 11) is 0. The van der Waals surface area contributed by atoms with Gasteiger partial charge in [-0.25, -0.2) is 4.98 Å². The molecule has 5 heteroatoms. The quantitative estimate of drug-likeness (QED) is 0.844. The highest BCUT2D eigenvalue weighted by Crippen LogP contribution is 2.20. The first kappa shape index (κ1) is 17.5. The normalized spacial score (nSPS) is 18.0. The lowest BCUT2D eigenvalue weighted by Gasteiger charge is -2.29. The fourth-order valence-electron chi connectivity index (χ4n) is 3.05. The first-order chi connectivity index (χ1) is 11.6. The highest BCUT2D eigenvalue weighted by molar-refractivity contribution is 7.11. The average molecular weight is 346 g/mol. The van der Waals surface area contributed by atoms with Crippen LogP contribution in [0.15, 0.2) is 30.5 Å². The van der Waals surface area contributed by atoms with Crippen LogP contribution in [0.1, 0.15) is 46.8 Å². The van der Waals surface area contributed by atoms with Crippen molar-refractivity contribution in [2.24, 2.45) is 0 Å². The number of likely N-dealkylation sites (tertiary alicyclic amines) is 1. The van der Waals surface area contributed by atoms with Gasteiger partial charge in [-0.15, -0.1) is 11.3 Å². The van der Waals surface area contributed by atoms with Crippen LogP contribution in [0.3, 0.4) is 0 Å². The monoisotopic (exact) mass is 345 g/mol. The molecule has 1 aromatic heterocycles. The molecule has 2 aromatic rings. The second-order valence-electron chi connectivity index (χ2n) is 6.71. The first-order valence-corrected chi connectivity index (χ1v) is 9.56. The Kier molecular flexibility index (Phi) is 6.00. The van der Waals surface area contributed by atoms with Gasteiger partial charge in [0, 0.05) is 43.3 Å². The molecule has 0 bridgehead atoms. The summed E-state index contributed by atoms with van der Waals surface area (Å²) in [6, 6.07) is 9.21. The van der Waals surface area contributed by atoms with Gasteiger partial charge >= 0.3 is 0 Å². The van der Waals surface area contributed by atoms with Crippen molar-refractivity contribution in [3.05, 3.63) is 51.5 Å². The Morgan fingerprint density at radius 1 is 1.25 bits per heavy atom. The maximum absolute atomic E-state index is 9.58. The van der Waals surface area contributed by atoms with Gasteiger partial charge in [0.1, 0.15) is 0 Å². The van der Waals surface area contributed by atoms with Crippen LogP contribution in [0.2, 0.25) is 0 Å². The number of aliphatic hydroxyl groups is 1. The second-order valence-corrected chi connectivity index (χ2v) is 7.97. The summed E-state index contributed by atoms with van der Waals surface area (Å²) in [5, 5.41) is 14.3. The van der Waals surface area contributed by atoms with E-state index in [1.807, 2.05) is 13.1 Å². The van der Waals surface area contributed by atoms with Crippen LogP contribution in [0.5, 0.6) is 0 Å². The van der Waals surface area contributed by atoms with Crippen molar-refractivity contribution in [1.29, 1.82) is 0 Å². The highest BCUT2D eigenvalue weighted by atomic mass is 32.1. The van der Waals surface area contributed by atoms with Crippen LogP contribution >= 0.6 is 11.3 Å². The number of hydrogen-bond acceptors (Lipinski definition) is 5. The molecular formula is C19H27N3OS. The number of aryl methyl sites for hydroxylation is 1. The molecule has 24 heavy (non-hydrogen) atoms. The van der Waals surface area contributed by atoms with E-state index in [4.69, 9.17) is 0 Å². The molecule has 1 aliphatic rings. The van der Waals surface area contributed by atoms with Crippen LogP contribution in [-0.2, 0) is 13.1 Å². The van der Waals surface area contributed by atoms with E-state index in [-0.39, 0.29) is 6.10 Å². The van der Waals surface area contributed by atoms with Crippen LogP contribution in [0, 0.1) is 6.92 Å². The minimum absolute atomic E-state index is 0.0981. The van der Waals surface area contributed by atoms with Crippen molar-refractivity contribution >= 4 is 11.3 Å². The number of rotatable bonds is 6. The van der Waals surface area contributed by atoms with Crippen LogP contribution in [0.25, 0.3) is 0 Å². The molecule has 0 spiro atoms. The van der Waals surface area contributed by atoms with Gasteiger partial charge in [0.05, 0.1) is 11.1 Å². The Balaban J connectivity index is 1.47. The molecule has 0 unspecified atom stereocenters. The van der Waals surface area contributed by atoms with E-state index in [1.165, 1.54) is 16.0 Å². The van der Waals surface area contributed by atoms with Gasteiger partial charge in [-0.2, -0.15) is 0 Å². The van der Waals surface area contributed by atoms with Crippen LogP contribution < -0.4 is 5.32 Å². The summed E-state index contributed by atoms with van der Waals surface area (Å²) in [5.41, 5.74) is 2.65. The number of benzene rings is 1. The largest absolute Gasteiger partial charge is 0.393 e. The van der Waals surface area contributed by atoms with Crippen LogP contribution in [-0.4, -0.2) is 34.2 Å². The summed E-state index contributed by atoms with van der Waals surface area (Å²) in [6.07, 6.45) is 3.67. The molecule has 0 radical (unpaired) electrons. The van der Waals surface area contributed by atoms with Crippen molar-refractivity contribution in [1.82, 2.24) is 15.2 Å². The molecule has 1 fully saturated rings. The molecular weight excluding hydrogens is 318 g/mol. The molecule has 0 saturated carbocycles. The van der Waals surface area contributed by atoms with Crippen molar-refractivity contribution in [2.45, 2.75) is 51.9 Å². The summed E-state index contributed by atoms with van der Waals surface area (Å²) >= 11 is 1.76. The van der Waals surface area contributed by atoms with E-state index in [9.17, 15) is 5.11 Å². The fourth-order valence-corrected chi connectivity index (χ4v) is 3.86. The van der Waals surface area contributed by atoms with E-state index < -0.39 is 0 Å². The number of hydrogen-bond donors (Lipinski definition) is 2. The summed E-state index contributed by atoms with van der Waals surface area (Å²) in [5.74, 6) is 0. The van der Waals surface area contributed by atoms with Gasteiger partial charge < -0.3 is 10.4 Å². The maximum Gasteiger partial charge on any atom is 0.0897 e. The number of aromatic nitrogens is 1. The Bertz CT molecular complexity index is 632. The molecule has 0 aliphatic carbocycles. The molecule has 1 atom stereocenters. The highest BCUT2D eigenvalue weighted by Gasteiger charge is 2.16. The zero-order valence-electron chi connectivity index (χ0n) is 14.5. The van der Waals surface area contributed by atoms with E-state index in [0.717, 1.165) is 44.0 Å². The molecule has 0 amide bonds. The Morgan fingerprint density at radius 3 is 2.54 bits per heavy atom. The van der Waals surface area contributed by atoms with Crippen molar-refractivity contribution in [3.8, 4) is 0 Å². The number of nitrogens with zero attached hydrogens (tertiary/aromatic N) is 2. The molecule has 3 rings (SSSR count). The Hall–Kier alpha value is -1.27. The fraction of sp³-hybridized carbons (Fsp3) is 0.526. The minimum Gasteiger partial charge on any atom is -0.393 e. The summed E-state index contributed by atoms with van der Waals surface area (Å²) < 4.78 is 0. The van der Waals surface area contributed by atoms with Gasteiger partial charge in [-0.3, -0.25) is 4.90 Å². The van der Waals surface area contributed by atoms with Gasteiger partial charge in [0.25, 0.3) is 0 Å². The number of nitrogens with one attached hydrogen (secondary N) is 1. The van der Waals surface area contributed by atoms with Crippen molar-refractivity contribution in [3.63, 3.8) is 0 Å². The summed E-state index contributed by atoms with van der Waals surface area (Å²) in [4.78, 5) is 8.04. The van der Waals surface area contributed by atoms with Gasteiger partial charge in [-0.05, 0) is 37.8 Å². The molecule has 130 valence electrons. The standard InChI is InChI=1S/C19H27N3OS/c1-14(19-12-21-15(2)24-19)20-11-16-3-5-17(6-4-16)13-22-9-7-18(23)8-10-22/h3-6,12,14,18,20,23H,7-11,13H2,1-2H3/t14-/m1/s1. The van der Waals surface area contributed by atoms with E-state index in [1.54, 1.807) is 11.3 Å². The van der Waals surface area contributed by atoms with Gasteiger partial charge in [0.2, 0.25) is 0 Å². The predicted molar refractivity (Wildman–Crippen MR) is 99.1 cm³/mol. The zero-order chi connectivity index (χ0) is 16.9. The number of aliphatic hydroxyl groups excluding tert-OH is 1. The molecule has 2 heterocycles. The lowest BCUT2D eigenvalue weighted by Crippen LogP contribution is -2.35. The Morgan fingerprint density at radius 2 is 1.92 bits per heavy atom. The molecule has 4 nitrogen and oxygen atoms in total. The van der Waals surface area contributed by atoms with E-state index >= 15 is 0 Å². The summed E-state index contributed by atoms with van der Waals surface area (Å²) in [6.45, 7) is 8.08. The SMILES string of the molecule is Cc1ncc([C@@H](C)NCc2ccc(CN3CCC(O)CC3)cc2)s1. The number of thiazole rings is 1. The van der Waals surface area contributed by atoms with Crippen molar-refractivity contribution < 1.29 is 5.11 Å². The predicted octanol–water partition coefficient (Wildman–Crippen LogP) is 3.26. The lowest BCUT2D eigenvalue weighted by molar-refractivity contribution is 0.0792. The zero-order valence-corrected chi connectivity index (χ0v) is 15.4. The lowest BCUT2D eigenvalue weighted by atomic mass is 10.1. The smallest absolute Gasteiger partial charge is 0.0897 e. The van der Waals surface area contributed by atoms with Gasteiger partial charge in [-0.1, -0.05) is 24.3 Å². The van der Waals surface area contributed by atoms with Gasteiger partial charge in [0.15, 0.2) is 0 Å². The third-order valence-electron chi connectivity index (χ3n) is 4.66. The number of piperidine rings is 1. The molecule has 2 N–H and O–H groups in total. The average Bonchev–Trinajstić information content (AvgIpc) is 3.03. The third-order valence-corrected chi connectivity index (χ3v) is 5.76. The molecule has 1 saturated heterocycles. The van der Waals surface area contributed by atoms with E-state index in [2.05, 4.69) is 46.4 Å². The van der Waals surface area contributed by atoms with Crippen molar-refractivity contribution in [2.75, 3.05) is 13.1 Å².